The van der Waals surface area contributed by atoms with Crippen molar-refractivity contribution >= 4 is 0 Å². The minimum Gasteiger partial charge on any atom is -0.508 e. The van der Waals surface area contributed by atoms with Gasteiger partial charge < -0.3 is 14.9 Å². The first kappa shape index (κ1) is 22.0. The first-order valence-electron chi connectivity index (χ1n) is 10.4. The molecule has 0 spiro atoms. The number of nitrogens with zero attached hydrogens (tertiary/aromatic N) is 4. The molecule has 2 heterocycles. The average molecular weight is 441 g/mol. The molecule has 0 atom stereocenters. The highest BCUT2D eigenvalue weighted by molar-refractivity contribution is 5.75. The van der Waals surface area contributed by atoms with Crippen LogP contribution in [0.25, 0.3) is 34.2 Å². The van der Waals surface area contributed by atoms with Gasteiger partial charge >= 0.3 is 0 Å². The van der Waals surface area contributed by atoms with Crippen LogP contribution in [0.3, 0.4) is 0 Å². The van der Waals surface area contributed by atoms with Crippen molar-refractivity contribution in [3.05, 3.63) is 78.1 Å². The molecule has 2 aromatic carbocycles. The van der Waals surface area contributed by atoms with Gasteiger partial charge in [-0.15, -0.1) is 0 Å². The molecule has 2 N–H and O–H groups in total. The number of hydrogen-bond acceptors (Lipinski definition) is 7. The molecular weight excluding hydrogens is 416 g/mol. The van der Waals surface area contributed by atoms with Gasteiger partial charge in [-0.1, -0.05) is 11.6 Å². The van der Waals surface area contributed by atoms with Crippen LogP contribution in [-0.4, -0.2) is 37.3 Å². The molecule has 0 saturated heterocycles. The molecule has 0 amide bonds. The maximum absolute atomic E-state index is 10.8. The lowest BCUT2D eigenvalue weighted by Gasteiger charge is -2.13. The molecule has 0 aliphatic carbocycles. The van der Waals surface area contributed by atoms with Crippen molar-refractivity contribution in [3.8, 4) is 51.4 Å². The number of benzene rings is 2. The van der Waals surface area contributed by atoms with Crippen LogP contribution in [0.1, 0.15) is 19.4 Å². The van der Waals surface area contributed by atoms with E-state index in [0.717, 1.165) is 11.1 Å². The lowest BCUT2D eigenvalue weighted by atomic mass is 10.0. The summed E-state index contributed by atoms with van der Waals surface area (Å²) >= 11 is 0. The van der Waals surface area contributed by atoms with Gasteiger partial charge in [-0.3, -0.25) is 0 Å². The van der Waals surface area contributed by atoms with Gasteiger partial charge in [-0.25, -0.2) is 19.9 Å². The second-order valence-electron chi connectivity index (χ2n) is 7.75. The molecule has 2 aromatic heterocycles. The Hall–Kier alpha value is -4.26. The fourth-order valence-corrected chi connectivity index (χ4v) is 3.36. The highest BCUT2D eigenvalue weighted by Crippen LogP contribution is 2.37. The molecule has 4 rings (SSSR count). The van der Waals surface area contributed by atoms with E-state index < -0.39 is 0 Å². The Morgan fingerprint density at radius 2 is 1.61 bits per heavy atom. The standard InChI is InChI=1S/C26H24N4O3/c1-16(2)5-6-18-13-20(23(32)15-24(18)33-3)22-14-21(17-7-9-19(31)10-8-17)29-26(30-22)25-27-11-4-12-28-25/h4-5,7-15,31-32H,6H2,1-3H3. The maximum atomic E-state index is 10.8. The van der Waals surface area contributed by atoms with Crippen molar-refractivity contribution < 1.29 is 14.9 Å². The fraction of sp³-hybridized carbons (Fsp3) is 0.154. The van der Waals surface area contributed by atoms with Gasteiger partial charge in [0.25, 0.3) is 0 Å². The van der Waals surface area contributed by atoms with E-state index >= 15 is 0 Å². The van der Waals surface area contributed by atoms with E-state index in [1.54, 1.807) is 62.0 Å². The second-order valence-corrected chi connectivity index (χ2v) is 7.75. The molecule has 7 heteroatoms. The summed E-state index contributed by atoms with van der Waals surface area (Å²) in [6, 6.07) is 13.7. The van der Waals surface area contributed by atoms with Gasteiger partial charge in [-0.05, 0) is 68.3 Å². The van der Waals surface area contributed by atoms with Gasteiger partial charge in [0.05, 0.1) is 18.5 Å². The Morgan fingerprint density at radius 3 is 2.27 bits per heavy atom. The van der Waals surface area contributed by atoms with E-state index in [1.807, 2.05) is 19.9 Å². The van der Waals surface area contributed by atoms with Gasteiger partial charge in [0.1, 0.15) is 17.2 Å². The van der Waals surface area contributed by atoms with E-state index in [1.165, 1.54) is 5.57 Å². The van der Waals surface area contributed by atoms with Crippen LogP contribution in [-0.2, 0) is 6.42 Å². The van der Waals surface area contributed by atoms with Crippen LogP contribution in [0.2, 0.25) is 0 Å². The molecule has 0 bridgehead atoms. The summed E-state index contributed by atoms with van der Waals surface area (Å²) in [6.45, 7) is 4.07. The monoisotopic (exact) mass is 440 g/mol. The number of phenolic OH excluding ortho intramolecular Hbond substituents is 2. The zero-order chi connectivity index (χ0) is 23.4. The van der Waals surface area contributed by atoms with Crippen LogP contribution in [0, 0.1) is 0 Å². The van der Waals surface area contributed by atoms with Gasteiger partial charge in [0.15, 0.2) is 11.6 Å². The van der Waals surface area contributed by atoms with Crippen LogP contribution in [0.15, 0.2) is 72.6 Å². The normalized spacial score (nSPS) is 10.6. The Labute approximate surface area is 192 Å². The smallest absolute Gasteiger partial charge is 0.198 e. The Morgan fingerprint density at radius 1 is 0.909 bits per heavy atom. The SMILES string of the molecule is COc1cc(O)c(-c2cc(-c3ccc(O)cc3)nc(-c3ncccn3)n2)cc1CC=C(C)C. The molecule has 0 saturated carbocycles. The zero-order valence-electron chi connectivity index (χ0n) is 18.6. The number of aromatic nitrogens is 4. The van der Waals surface area contributed by atoms with Crippen molar-refractivity contribution in [2.75, 3.05) is 7.11 Å². The Balaban J connectivity index is 1.91. The summed E-state index contributed by atoms with van der Waals surface area (Å²) in [5.41, 5.74) is 4.58. The number of allylic oxidation sites excluding steroid dienone is 2. The number of rotatable bonds is 6. The predicted octanol–water partition coefficient (Wildman–Crippen LogP) is 5.20. The van der Waals surface area contributed by atoms with Gasteiger partial charge in [0.2, 0.25) is 0 Å². The number of hydrogen-bond donors (Lipinski definition) is 2. The number of phenols is 2. The quantitative estimate of drug-likeness (QED) is 0.398. The summed E-state index contributed by atoms with van der Waals surface area (Å²) < 4.78 is 5.48. The van der Waals surface area contributed by atoms with Crippen LogP contribution in [0.5, 0.6) is 17.2 Å². The molecule has 33 heavy (non-hydrogen) atoms. The third-order valence-corrected chi connectivity index (χ3v) is 5.06. The van der Waals surface area contributed by atoms with Crippen LogP contribution in [0.4, 0.5) is 0 Å². The van der Waals surface area contributed by atoms with E-state index in [4.69, 9.17) is 4.74 Å². The van der Waals surface area contributed by atoms with Crippen LogP contribution >= 0.6 is 0 Å². The van der Waals surface area contributed by atoms with Crippen molar-refractivity contribution in [3.63, 3.8) is 0 Å². The largest absolute Gasteiger partial charge is 0.508 e. The first-order chi connectivity index (χ1) is 15.9. The number of aromatic hydroxyl groups is 2. The lowest BCUT2D eigenvalue weighted by Crippen LogP contribution is -2.00. The minimum absolute atomic E-state index is 0.0445. The number of ether oxygens (including phenoxy) is 1. The molecule has 166 valence electrons. The Kier molecular flexibility index (Phi) is 6.31. The second kappa shape index (κ2) is 9.48. The molecule has 4 aromatic rings. The maximum Gasteiger partial charge on any atom is 0.198 e. The third-order valence-electron chi connectivity index (χ3n) is 5.06. The van der Waals surface area contributed by atoms with Crippen LogP contribution < -0.4 is 4.74 Å². The summed E-state index contributed by atoms with van der Waals surface area (Å²) in [6.07, 6.45) is 6.01. The van der Waals surface area contributed by atoms with Crippen molar-refractivity contribution in [1.29, 1.82) is 0 Å². The van der Waals surface area contributed by atoms with E-state index in [-0.39, 0.29) is 11.5 Å². The molecule has 0 radical (unpaired) electrons. The summed E-state index contributed by atoms with van der Waals surface area (Å²) in [5, 5.41) is 20.5. The number of methoxy groups -OCH3 is 1. The minimum atomic E-state index is 0.0445. The summed E-state index contributed by atoms with van der Waals surface area (Å²) in [5.74, 6) is 1.52. The summed E-state index contributed by atoms with van der Waals surface area (Å²) in [7, 11) is 1.58. The third kappa shape index (κ3) is 4.98. The zero-order valence-corrected chi connectivity index (χ0v) is 18.6. The van der Waals surface area contributed by atoms with Crippen molar-refractivity contribution in [2.45, 2.75) is 20.3 Å². The first-order valence-corrected chi connectivity index (χ1v) is 10.4. The van der Waals surface area contributed by atoms with Gasteiger partial charge in [-0.2, -0.15) is 0 Å². The predicted molar refractivity (Wildman–Crippen MR) is 127 cm³/mol. The molecular formula is C26H24N4O3. The fourth-order valence-electron chi connectivity index (χ4n) is 3.36. The highest BCUT2D eigenvalue weighted by atomic mass is 16.5. The summed E-state index contributed by atoms with van der Waals surface area (Å²) in [4.78, 5) is 17.9. The molecule has 7 nitrogen and oxygen atoms in total. The molecule has 0 aliphatic heterocycles. The molecule has 0 aliphatic rings. The van der Waals surface area contributed by atoms with Gasteiger partial charge in [0, 0.05) is 29.6 Å². The van der Waals surface area contributed by atoms with Crippen molar-refractivity contribution in [2.24, 2.45) is 0 Å². The lowest BCUT2D eigenvalue weighted by molar-refractivity contribution is 0.404. The van der Waals surface area contributed by atoms with E-state index in [0.29, 0.717) is 40.8 Å². The Bertz CT molecular complexity index is 1300. The van der Waals surface area contributed by atoms with E-state index in [9.17, 15) is 10.2 Å². The molecule has 0 fully saturated rings. The highest BCUT2D eigenvalue weighted by Gasteiger charge is 2.17. The topological polar surface area (TPSA) is 101 Å². The average Bonchev–Trinajstić information content (AvgIpc) is 2.83. The van der Waals surface area contributed by atoms with E-state index in [2.05, 4.69) is 26.0 Å². The van der Waals surface area contributed by atoms with Crippen molar-refractivity contribution in [1.82, 2.24) is 19.9 Å². The molecule has 0 unspecified atom stereocenters.